The van der Waals surface area contributed by atoms with E-state index in [0.717, 1.165) is 34.2 Å². The van der Waals surface area contributed by atoms with Crippen LogP contribution < -0.4 is 0 Å². The number of fused-ring (bicyclic) bond motifs is 1. The maximum atomic E-state index is 12.9. The van der Waals surface area contributed by atoms with Crippen molar-refractivity contribution in [2.75, 3.05) is 32.8 Å². The highest BCUT2D eigenvalue weighted by Crippen LogP contribution is 2.28. The van der Waals surface area contributed by atoms with Gasteiger partial charge in [-0.25, -0.2) is 4.79 Å². The molecule has 4 rings (SSSR count). The van der Waals surface area contributed by atoms with Crippen LogP contribution >= 0.6 is 28.3 Å². The summed E-state index contributed by atoms with van der Waals surface area (Å²) in [4.78, 5) is 33.3. The first-order chi connectivity index (χ1) is 15.0. The second-order valence-electron chi connectivity index (χ2n) is 7.52. The van der Waals surface area contributed by atoms with Crippen molar-refractivity contribution in [3.05, 3.63) is 63.6 Å². The molecule has 3 aromatic rings. The largest absolute Gasteiger partial charge is 0.451 e. The molecule has 0 atom stereocenters. The van der Waals surface area contributed by atoms with Crippen LogP contribution in [0.5, 0.6) is 0 Å². The Kier molecular flexibility index (Phi) is 7.92. The molecule has 1 amide bonds. The highest BCUT2D eigenvalue weighted by atomic mass is 79.9. The van der Waals surface area contributed by atoms with Gasteiger partial charge in [0.25, 0.3) is 0 Å². The average Bonchev–Trinajstić information content (AvgIpc) is 3.23. The summed E-state index contributed by atoms with van der Waals surface area (Å²) in [5, 5.41) is 0.904. The van der Waals surface area contributed by atoms with Gasteiger partial charge in [0.2, 0.25) is 5.78 Å². The number of nitrogens with zero attached hydrogens (tertiary/aromatic N) is 3. The van der Waals surface area contributed by atoms with Crippen molar-refractivity contribution in [2.45, 2.75) is 20.4 Å². The third-order valence-electron chi connectivity index (χ3n) is 5.44. The minimum Gasteiger partial charge on any atom is -0.451 e. The fourth-order valence-electron chi connectivity index (χ4n) is 3.73. The Morgan fingerprint density at radius 2 is 1.84 bits per heavy atom. The molecule has 1 saturated heterocycles. The maximum absolute atomic E-state index is 12.9. The molecule has 7 nitrogen and oxygen atoms in total. The zero-order valence-electron chi connectivity index (χ0n) is 18.0. The number of carbonyl (C=O) groups excluding carboxylic acids is 2. The lowest BCUT2D eigenvalue weighted by Crippen LogP contribution is -2.48. The normalized spacial score (nSPS) is 14.3. The summed E-state index contributed by atoms with van der Waals surface area (Å²) in [6.07, 6.45) is 1.59. The summed E-state index contributed by atoms with van der Waals surface area (Å²) in [6.45, 7) is 7.49. The molecular formula is C23H25BrClN3O4. The number of aromatic nitrogens is 1. The Hall–Kier alpha value is -2.42. The number of piperazine rings is 1. The van der Waals surface area contributed by atoms with Gasteiger partial charge in [0.1, 0.15) is 0 Å². The Bertz CT molecular complexity index is 1110. The van der Waals surface area contributed by atoms with Crippen LogP contribution in [0, 0.1) is 6.92 Å². The number of halogens is 2. The van der Waals surface area contributed by atoms with E-state index in [-0.39, 0.29) is 24.3 Å². The van der Waals surface area contributed by atoms with Gasteiger partial charge in [0.15, 0.2) is 11.3 Å². The van der Waals surface area contributed by atoms with Crippen molar-refractivity contribution in [3.63, 3.8) is 0 Å². The Morgan fingerprint density at radius 3 is 2.50 bits per heavy atom. The number of aryl methyl sites for hydroxylation is 1. The molecule has 0 unspecified atom stereocenters. The molecule has 9 heteroatoms. The monoisotopic (exact) mass is 521 g/mol. The fourth-order valence-corrected chi connectivity index (χ4v) is 3.99. The topological polar surface area (TPSA) is 75.9 Å². The molecule has 1 aromatic carbocycles. The predicted molar refractivity (Wildman–Crippen MR) is 127 cm³/mol. The molecule has 0 radical (unpaired) electrons. The van der Waals surface area contributed by atoms with Gasteiger partial charge in [-0.3, -0.25) is 14.7 Å². The fraction of sp³-hybridized carbons (Fsp3) is 0.348. The number of benzene rings is 1. The number of carbonyl (C=O) groups is 2. The molecule has 170 valence electrons. The van der Waals surface area contributed by atoms with Crippen LogP contribution in [0.15, 0.2) is 45.4 Å². The first kappa shape index (κ1) is 24.2. The molecule has 0 aliphatic carbocycles. The van der Waals surface area contributed by atoms with E-state index in [9.17, 15) is 9.59 Å². The predicted octanol–water partition coefficient (Wildman–Crippen LogP) is 4.83. The Labute approximate surface area is 201 Å². The summed E-state index contributed by atoms with van der Waals surface area (Å²) < 4.78 is 11.9. The molecule has 0 spiro atoms. The van der Waals surface area contributed by atoms with E-state index in [1.165, 1.54) is 0 Å². The molecule has 0 saturated carbocycles. The lowest BCUT2D eigenvalue weighted by atomic mass is 10.1. The quantitative estimate of drug-likeness (QED) is 0.447. The number of ketones is 1. The average molecular weight is 523 g/mol. The molecule has 3 heterocycles. The third kappa shape index (κ3) is 5.14. The number of hydrogen-bond donors (Lipinski definition) is 0. The number of hydrogen-bond acceptors (Lipinski definition) is 6. The van der Waals surface area contributed by atoms with Crippen LogP contribution in [0.3, 0.4) is 0 Å². The second-order valence-corrected chi connectivity index (χ2v) is 8.44. The lowest BCUT2D eigenvalue weighted by molar-refractivity contribution is 0.0779. The number of furan rings is 1. The van der Waals surface area contributed by atoms with E-state index >= 15 is 0 Å². The van der Waals surface area contributed by atoms with Crippen LogP contribution in [0.2, 0.25) is 0 Å². The van der Waals surface area contributed by atoms with E-state index in [1.54, 1.807) is 17.0 Å². The van der Waals surface area contributed by atoms with Gasteiger partial charge in [-0.05, 0) is 49.7 Å². The van der Waals surface area contributed by atoms with Crippen molar-refractivity contribution in [2.24, 2.45) is 0 Å². The van der Waals surface area contributed by atoms with E-state index < -0.39 is 0 Å². The lowest BCUT2D eigenvalue weighted by Gasteiger charge is -2.34. The van der Waals surface area contributed by atoms with Gasteiger partial charge in [-0.1, -0.05) is 15.9 Å². The van der Waals surface area contributed by atoms with Gasteiger partial charge in [0.05, 0.1) is 12.3 Å². The van der Waals surface area contributed by atoms with Gasteiger partial charge in [-0.2, -0.15) is 0 Å². The SMILES string of the molecule is CCOC(=O)N1CCN(Cc2cnc(C)c3oc(C(=O)c4ccc(Br)cc4)cc23)CC1.Cl. The molecule has 1 fully saturated rings. The minimum atomic E-state index is -0.257. The van der Waals surface area contributed by atoms with E-state index in [1.807, 2.05) is 38.2 Å². The van der Waals surface area contributed by atoms with E-state index in [0.29, 0.717) is 43.1 Å². The molecule has 0 N–H and O–H groups in total. The molecule has 32 heavy (non-hydrogen) atoms. The Balaban J connectivity index is 0.00000289. The molecule has 0 bridgehead atoms. The molecule has 2 aromatic heterocycles. The van der Waals surface area contributed by atoms with Crippen molar-refractivity contribution in [1.29, 1.82) is 0 Å². The molecular weight excluding hydrogens is 498 g/mol. The smallest absolute Gasteiger partial charge is 0.409 e. The van der Waals surface area contributed by atoms with E-state index in [2.05, 4.69) is 25.8 Å². The van der Waals surface area contributed by atoms with Crippen molar-refractivity contribution >= 4 is 51.2 Å². The number of ether oxygens (including phenoxy) is 1. The van der Waals surface area contributed by atoms with Crippen LogP contribution in [0.25, 0.3) is 11.0 Å². The summed E-state index contributed by atoms with van der Waals surface area (Å²) in [6, 6.07) is 9.04. The van der Waals surface area contributed by atoms with Gasteiger partial charge in [0, 0.05) is 54.3 Å². The summed E-state index contributed by atoms with van der Waals surface area (Å²) in [5.74, 6) is 0.152. The first-order valence-electron chi connectivity index (χ1n) is 10.3. The highest BCUT2D eigenvalue weighted by molar-refractivity contribution is 9.10. The van der Waals surface area contributed by atoms with E-state index in [4.69, 9.17) is 9.15 Å². The zero-order chi connectivity index (χ0) is 22.0. The number of amides is 1. The van der Waals surface area contributed by atoms with Crippen LogP contribution in [0.4, 0.5) is 4.79 Å². The number of rotatable bonds is 5. The van der Waals surface area contributed by atoms with Crippen LogP contribution in [-0.2, 0) is 11.3 Å². The van der Waals surface area contributed by atoms with Crippen molar-refractivity contribution in [3.8, 4) is 0 Å². The van der Waals surface area contributed by atoms with Crippen LogP contribution in [0.1, 0.15) is 34.3 Å². The third-order valence-corrected chi connectivity index (χ3v) is 5.97. The van der Waals surface area contributed by atoms with Crippen LogP contribution in [-0.4, -0.2) is 59.4 Å². The van der Waals surface area contributed by atoms with Crippen molar-refractivity contribution in [1.82, 2.24) is 14.8 Å². The van der Waals surface area contributed by atoms with Gasteiger partial charge < -0.3 is 14.1 Å². The minimum absolute atomic E-state index is 0. The summed E-state index contributed by atoms with van der Waals surface area (Å²) in [7, 11) is 0. The highest BCUT2D eigenvalue weighted by Gasteiger charge is 2.24. The van der Waals surface area contributed by atoms with Gasteiger partial charge >= 0.3 is 6.09 Å². The van der Waals surface area contributed by atoms with Crippen molar-refractivity contribution < 1.29 is 18.7 Å². The second kappa shape index (κ2) is 10.5. The summed E-state index contributed by atoms with van der Waals surface area (Å²) in [5.41, 5.74) is 2.97. The Morgan fingerprint density at radius 1 is 1.16 bits per heavy atom. The summed E-state index contributed by atoms with van der Waals surface area (Å²) >= 11 is 3.39. The zero-order valence-corrected chi connectivity index (χ0v) is 20.4. The van der Waals surface area contributed by atoms with Gasteiger partial charge in [-0.15, -0.1) is 12.4 Å². The number of pyridine rings is 1. The first-order valence-corrected chi connectivity index (χ1v) is 11.1. The molecule has 1 aliphatic rings. The maximum Gasteiger partial charge on any atom is 0.409 e. The molecule has 1 aliphatic heterocycles. The standard InChI is InChI=1S/C23H24BrN3O4.ClH/c1-3-30-23(29)27-10-8-26(9-11-27)14-17-13-25-15(2)22-19(17)12-20(31-22)21(28)16-4-6-18(24)7-5-16;/h4-7,12-13H,3,8-11,14H2,1-2H3;1H.